The van der Waals surface area contributed by atoms with E-state index in [9.17, 15) is 0 Å². The second kappa shape index (κ2) is 3.35. The third-order valence-corrected chi connectivity index (χ3v) is 4.45. The first-order valence-corrected chi connectivity index (χ1v) is 6.69. The fourth-order valence-electron chi connectivity index (χ4n) is 3.45. The highest BCUT2D eigenvalue weighted by molar-refractivity contribution is 6.12. The molecule has 4 rings (SSSR count). The van der Waals surface area contributed by atoms with Crippen molar-refractivity contribution in [2.45, 2.75) is 26.7 Å². The molecule has 0 aliphatic heterocycles. The number of hydrogen-bond acceptors (Lipinski definition) is 0. The lowest BCUT2D eigenvalue weighted by molar-refractivity contribution is 0.956. The van der Waals surface area contributed by atoms with E-state index >= 15 is 0 Å². The summed E-state index contributed by atoms with van der Waals surface area (Å²) in [5, 5.41) is 5.86. The molecule has 0 atom stereocenters. The van der Waals surface area contributed by atoms with Crippen LogP contribution in [0.15, 0.2) is 36.4 Å². The lowest BCUT2D eigenvalue weighted by Crippen LogP contribution is -2.03. The summed E-state index contributed by atoms with van der Waals surface area (Å²) in [4.78, 5) is 0. The predicted octanol–water partition coefficient (Wildman–Crippen LogP) is 4.71. The Morgan fingerprint density at radius 1 is 0.722 bits per heavy atom. The minimum atomic E-state index is 1.19. The molecule has 0 saturated heterocycles. The average molecular weight is 232 g/mol. The highest BCUT2D eigenvalue weighted by Crippen LogP contribution is 2.38. The van der Waals surface area contributed by atoms with E-state index in [0.717, 1.165) is 0 Å². The summed E-state index contributed by atoms with van der Waals surface area (Å²) in [7, 11) is 0. The average Bonchev–Trinajstić information content (AvgIpc) is 2.40. The molecule has 0 radical (unpaired) electrons. The second-order valence-electron chi connectivity index (χ2n) is 5.49. The number of aryl methyl sites for hydroxylation is 4. The standard InChI is InChI=1S/C18H16/c1-11-3-5-13-8-10-16-12(2)4-6-14-7-9-15(11)17(13)18(14)16/h3-7,9H,8,10H2,1-2H3. The van der Waals surface area contributed by atoms with Gasteiger partial charge in [0, 0.05) is 0 Å². The van der Waals surface area contributed by atoms with E-state index in [1.54, 1.807) is 5.56 Å². The molecule has 18 heavy (non-hydrogen) atoms. The molecule has 88 valence electrons. The first-order chi connectivity index (χ1) is 8.75. The van der Waals surface area contributed by atoms with Crippen LogP contribution >= 0.6 is 0 Å². The van der Waals surface area contributed by atoms with Crippen LogP contribution in [0, 0.1) is 13.8 Å². The molecule has 0 saturated carbocycles. The van der Waals surface area contributed by atoms with E-state index in [-0.39, 0.29) is 0 Å². The maximum absolute atomic E-state index is 2.32. The minimum absolute atomic E-state index is 1.19. The van der Waals surface area contributed by atoms with E-state index in [4.69, 9.17) is 0 Å². The molecule has 0 bridgehead atoms. The zero-order valence-electron chi connectivity index (χ0n) is 10.9. The molecular formula is C18H16. The zero-order chi connectivity index (χ0) is 12.3. The van der Waals surface area contributed by atoms with Crippen LogP contribution in [-0.4, -0.2) is 0 Å². The summed E-state index contributed by atoms with van der Waals surface area (Å²) in [6.45, 7) is 4.46. The Balaban J connectivity index is 2.38. The van der Waals surface area contributed by atoms with Gasteiger partial charge in [-0.25, -0.2) is 0 Å². The van der Waals surface area contributed by atoms with Crippen molar-refractivity contribution in [3.05, 3.63) is 58.7 Å². The number of hydrogen-bond donors (Lipinski definition) is 0. The Bertz CT molecular complexity index is 794. The Morgan fingerprint density at radius 3 is 2.39 bits per heavy atom. The van der Waals surface area contributed by atoms with Crippen LogP contribution in [0.25, 0.3) is 21.5 Å². The molecule has 0 amide bonds. The van der Waals surface area contributed by atoms with Gasteiger partial charge in [0.1, 0.15) is 0 Å². The Morgan fingerprint density at radius 2 is 1.50 bits per heavy atom. The molecule has 0 heterocycles. The van der Waals surface area contributed by atoms with Gasteiger partial charge in [-0.3, -0.25) is 0 Å². The first-order valence-electron chi connectivity index (χ1n) is 6.69. The smallest absolute Gasteiger partial charge is 0.00677 e. The van der Waals surface area contributed by atoms with Crippen LogP contribution in [0.1, 0.15) is 22.3 Å². The Hall–Kier alpha value is -1.82. The highest BCUT2D eigenvalue weighted by Gasteiger charge is 2.17. The molecule has 0 fully saturated rings. The molecule has 0 N–H and O–H groups in total. The maximum Gasteiger partial charge on any atom is -0.00677 e. The number of rotatable bonds is 0. The van der Waals surface area contributed by atoms with Gasteiger partial charge < -0.3 is 0 Å². The van der Waals surface area contributed by atoms with Crippen molar-refractivity contribution in [3.8, 4) is 0 Å². The van der Waals surface area contributed by atoms with Crippen molar-refractivity contribution in [3.63, 3.8) is 0 Å². The highest BCUT2D eigenvalue weighted by atomic mass is 14.2. The monoisotopic (exact) mass is 232 g/mol. The molecule has 0 heteroatoms. The fourth-order valence-corrected chi connectivity index (χ4v) is 3.45. The van der Waals surface area contributed by atoms with Gasteiger partial charge in [-0.15, -0.1) is 0 Å². The van der Waals surface area contributed by atoms with Crippen molar-refractivity contribution in [2.75, 3.05) is 0 Å². The normalized spacial score (nSPS) is 13.7. The molecule has 0 spiro atoms. The van der Waals surface area contributed by atoms with Crippen LogP contribution in [0.5, 0.6) is 0 Å². The van der Waals surface area contributed by atoms with Crippen molar-refractivity contribution < 1.29 is 0 Å². The van der Waals surface area contributed by atoms with Crippen LogP contribution in [0.2, 0.25) is 0 Å². The fraction of sp³-hybridized carbons (Fsp3) is 0.222. The summed E-state index contributed by atoms with van der Waals surface area (Å²) in [6, 6.07) is 13.7. The summed E-state index contributed by atoms with van der Waals surface area (Å²) in [5.74, 6) is 0. The Labute approximate surface area is 107 Å². The van der Waals surface area contributed by atoms with Crippen molar-refractivity contribution >= 4 is 21.5 Å². The van der Waals surface area contributed by atoms with Gasteiger partial charge in [-0.1, -0.05) is 36.4 Å². The summed E-state index contributed by atoms with van der Waals surface area (Å²) in [5.41, 5.74) is 5.93. The molecule has 0 unspecified atom stereocenters. The number of benzene rings is 3. The lowest BCUT2D eigenvalue weighted by Gasteiger charge is -2.21. The quantitative estimate of drug-likeness (QED) is 0.492. The van der Waals surface area contributed by atoms with Gasteiger partial charge in [-0.05, 0) is 70.5 Å². The van der Waals surface area contributed by atoms with E-state index in [2.05, 4.69) is 50.2 Å². The predicted molar refractivity (Wildman–Crippen MR) is 78.3 cm³/mol. The maximum atomic E-state index is 2.32. The Kier molecular flexibility index (Phi) is 1.89. The van der Waals surface area contributed by atoms with Gasteiger partial charge >= 0.3 is 0 Å². The van der Waals surface area contributed by atoms with E-state index < -0.39 is 0 Å². The van der Waals surface area contributed by atoms with Crippen LogP contribution in [-0.2, 0) is 12.8 Å². The van der Waals surface area contributed by atoms with E-state index in [0.29, 0.717) is 0 Å². The molecule has 1 aliphatic rings. The summed E-state index contributed by atoms with van der Waals surface area (Å²) in [6.07, 6.45) is 2.38. The SMILES string of the molecule is Cc1ccc2ccc3c(C)ccc4c3c2c1CC4. The molecule has 3 aromatic rings. The lowest BCUT2D eigenvalue weighted by atomic mass is 9.83. The molecule has 3 aromatic carbocycles. The largest absolute Gasteiger partial charge is 0.0584 e. The zero-order valence-corrected chi connectivity index (χ0v) is 10.9. The summed E-state index contributed by atoms with van der Waals surface area (Å²) < 4.78 is 0. The topological polar surface area (TPSA) is 0 Å². The first kappa shape index (κ1) is 10.1. The van der Waals surface area contributed by atoms with Crippen LogP contribution in [0.4, 0.5) is 0 Å². The molecular weight excluding hydrogens is 216 g/mol. The molecule has 0 aromatic heterocycles. The van der Waals surface area contributed by atoms with Gasteiger partial charge in [0.2, 0.25) is 0 Å². The van der Waals surface area contributed by atoms with Crippen LogP contribution in [0.3, 0.4) is 0 Å². The molecule has 1 aliphatic carbocycles. The van der Waals surface area contributed by atoms with E-state index in [1.165, 1.54) is 51.1 Å². The second-order valence-corrected chi connectivity index (χ2v) is 5.49. The van der Waals surface area contributed by atoms with Crippen molar-refractivity contribution in [2.24, 2.45) is 0 Å². The van der Waals surface area contributed by atoms with Crippen LogP contribution < -0.4 is 0 Å². The summed E-state index contributed by atoms with van der Waals surface area (Å²) >= 11 is 0. The van der Waals surface area contributed by atoms with Crippen molar-refractivity contribution in [1.82, 2.24) is 0 Å². The van der Waals surface area contributed by atoms with Gasteiger partial charge in [0.15, 0.2) is 0 Å². The van der Waals surface area contributed by atoms with Gasteiger partial charge in [0.25, 0.3) is 0 Å². The third-order valence-electron chi connectivity index (χ3n) is 4.45. The third kappa shape index (κ3) is 1.16. The van der Waals surface area contributed by atoms with Gasteiger partial charge in [-0.2, -0.15) is 0 Å². The molecule has 0 nitrogen and oxygen atoms in total. The van der Waals surface area contributed by atoms with Gasteiger partial charge in [0.05, 0.1) is 0 Å². The van der Waals surface area contributed by atoms with E-state index in [1.807, 2.05) is 0 Å². The minimum Gasteiger partial charge on any atom is -0.0584 e. The van der Waals surface area contributed by atoms with Crippen molar-refractivity contribution in [1.29, 1.82) is 0 Å².